The third-order valence-corrected chi connectivity index (χ3v) is 30.2. The maximum atomic E-state index is 12.1. The Kier molecular flexibility index (Phi) is 52.7. The molecule has 6 aliphatic carbocycles. The Morgan fingerprint density at radius 2 is 0.521 bits per heavy atom. The summed E-state index contributed by atoms with van der Waals surface area (Å²) in [4.78, 5) is 97.8. The Bertz CT molecular complexity index is 3560. The first-order valence-corrected chi connectivity index (χ1v) is 57.8. The zero-order valence-electron chi connectivity index (χ0n) is 98.9. The largest absolute Gasteiger partial charge is 0.444 e. The van der Waals surface area contributed by atoms with E-state index in [9.17, 15) is 28.8 Å². The summed E-state index contributed by atoms with van der Waals surface area (Å²) in [7, 11) is 0. The van der Waals surface area contributed by atoms with Crippen molar-refractivity contribution in [1.82, 2.24) is 112 Å². The third kappa shape index (κ3) is 47.9. The molecule has 17 rings (SSSR count). The Morgan fingerprint density at radius 1 is 0.247 bits per heavy atom. The fraction of sp³-hybridized carbons (Fsp3) is 0.946. The molecule has 0 aromatic heterocycles. The molecule has 34 heteroatoms. The van der Waals surface area contributed by atoms with Crippen LogP contribution in [-0.4, -0.2) is 446 Å². The molecule has 6 amide bonds. The zero-order chi connectivity index (χ0) is 108. The van der Waals surface area contributed by atoms with E-state index in [4.69, 9.17) is 28.4 Å². The van der Waals surface area contributed by atoms with Gasteiger partial charge in [0.15, 0.2) is 0 Å². The summed E-state index contributed by atoms with van der Waals surface area (Å²) in [5.74, 6) is 0. The molecule has 11 heterocycles. The number of rotatable bonds is 6. The number of hydrogen-bond acceptors (Lipinski definition) is 28. The molecular weight excluding hydrogens is 1850 g/mol. The smallest absolute Gasteiger partial charge is 0.410 e. The minimum absolute atomic E-state index is 0.0187. The van der Waals surface area contributed by atoms with Gasteiger partial charge >= 0.3 is 36.6 Å². The fourth-order valence-electron chi connectivity index (χ4n) is 21.2. The SMILES string of the molecule is CC(C)(C)OC(=O)N1CCN(C2CCC2)C(C)(C)C1.CC1(C)CN(C(=O)OC(C)(C)C)CCN1.CC1(C)CNCCN1C1CCC1.C[C@@H]1CN(C(=O)OC(C)(C)C)CCN1.C[C@@H]1CN(C(=O)OC(C)(C)C)CCN1C1CCC1.C[C@@H]1CNCCN1.C[C@@H]1CNCCN1C1CCC1.C[C@H]1CN(C(=O)OC(C)(C)C)CCN1.C[C@H]1CN(C(=O)OC(C)(C)C)CCN1C1CCC1.C[C@H]1CNCCN1.C[C@H]1CNCCN1C1CCC1. The van der Waals surface area contributed by atoms with E-state index < -0.39 is 33.6 Å². The van der Waals surface area contributed by atoms with Gasteiger partial charge in [0.05, 0.1) is 0 Å². The van der Waals surface area contributed by atoms with Crippen LogP contribution in [0.5, 0.6) is 0 Å². The first kappa shape index (κ1) is 128. The van der Waals surface area contributed by atoms with Crippen LogP contribution in [0.1, 0.15) is 337 Å². The van der Waals surface area contributed by atoms with Crippen LogP contribution in [-0.2, 0) is 28.4 Å². The van der Waals surface area contributed by atoms with Crippen molar-refractivity contribution in [3.63, 3.8) is 0 Å². The molecule has 0 aromatic carbocycles. The van der Waals surface area contributed by atoms with Gasteiger partial charge in [0.25, 0.3) is 0 Å². The standard InChI is InChI=1S/C15H28N2O2.2C14H26N2O2.C11H22N2O2.2C10H20N2O2.C10H20N2.2C9H18N2.2C5H12N2/c1-14(2,3)19-13(18)16-9-10-17(12-7-6-8-12)15(4,5)11-16;2*1-11-10-15(13(17)18-14(2,3)4)8-9-16(11)12-6-5-7-12;1-10(2,3)15-9(14)13-7-6-12-11(4,5)8-13;2*1-8-7-12(6-5-11-8)9(13)14-10(2,3)4;1-10(2)8-11-6-7-12(10)9-4-3-5-9;2*1-8-7-10-5-6-11(8)9-3-2-4-9;2*1-5-4-6-2-3-7-5/h12H,6-11H2,1-5H3;2*11-12H,5-10H2,1-4H3;12H,6-8H2,1-5H3;2*8,11H,5-7H2,1-4H3;9,11H,3-8H2,1-2H3;2*8-10H,2-7H2,1H3;2*5-7H,2-4H2,1H3/t;2*11-;;2*8-;;2*8-;2*5-/m.10.10.1010/s1. The molecule has 11 aliphatic heterocycles. The molecular formula is C112H222N22O12. The van der Waals surface area contributed by atoms with Crippen molar-refractivity contribution < 1.29 is 57.2 Å². The molecule has 146 heavy (non-hydrogen) atoms. The van der Waals surface area contributed by atoms with Crippen LogP contribution in [0.15, 0.2) is 0 Å². The fourth-order valence-corrected chi connectivity index (χ4v) is 21.2. The number of nitrogens with zero attached hydrogens (tertiary/aromatic N) is 12. The predicted octanol–water partition coefficient (Wildman–Crippen LogP) is 13.9. The highest BCUT2D eigenvalue weighted by Crippen LogP contribution is 2.37. The van der Waals surface area contributed by atoms with Crippen LogP contribution in [0.25, 0.3) is 0 Å². The van der Waals surface area contributed by atoms with Crippen molar-refractivity contribution in [3.05, 3.63) is 0 Å². The van der Waals surface area contributed by atoms with E-state index >= 15 is 0 Å². The van der Waals surface area contributed by atoms with Crippen molar-refractivity contribution in [1.29, 1.82) is 0 Å². The lowest BCUT2D eigenvalue weighted by molar-refractivity contribution is -0.0447. The second kappa shape index (κ2) is 60.2. The quantitative estimate of drug-likeness (QED) is 0.110. The van der Waals surface area contributed by atoms with Crippen molar-refractivity contribution in [2.45, 2.75) is 472 Å². The number of amides is 6. The number of carbonyl (C=O) groups excluding carboxylic acids is 6. The van der Waals surface area contributed by atoms with Gasteiger partial charge in [0.2, 0.25) is 0 Å². The molecule has 17 aliphatic rings. The summed E-state index contributed by atoms with van der Waals surface area (Å²) in [5.41, 5.74) is -1.98. The minimum Gasteiger partial charge on any atom is -0.444 e. The summed E-state index contributed by atoms with van der Waals surface area (Å²) < 4.78 is 32.2. The van der Waals surface area contributed by atoms with Crippen molar-refractivity contribution in [2.24, 2.45) is 0 Å². The number of ether oxygens (including phenoxy) is 6. The summed E-state index contributed by atoms with van der Waals surface area (Å²) >= 11 is 0. The molecule has 0 radical (unpaired) electrons. The van der Waals surface area contributed by atoms with Crippen molar-refractivity contribution in [2.75, 3.05) is 216 Å². The average molecular weight is 2070 g/mol. The molecule has 10 N–H and O–H groups in total. The second-order valence-electron chi connectivity index (χ2n) is 52.6. The predicted molar refractivity (Wildman–Crippen MR) is 595 cm³/mol. The molecule has 0 aromatic rings. The molecule has 0 unspecified atom stereocenters. The topological polar surface area (TPSA) is 317 Å². The molecule has 0 bridgehead atoms. The molecule has 852 valence electrons. The van der Waals surface area contributed by atoms with Crippen LogP contribution < -0.4 is 53.2 Å². The zero-order valence-corrected chi connectivity index (χ0v) is 98.9. The van der Waals surface area contributed by atoms with E-state index in [2.05, 4.69) is 179 Å². The van der Waals surface area contributed by atoms with Gasteiger partial charge in [-0.05, 0) is 299 Å². The second-order valence-corrected chi connectivity index (χ2v) is 52.6. The van der Waals surface area contributed by atoms with Crippen LogP contribution in [0.3, 0.4) is 0 Å². The molecule has 17 fully saturated rings. The van der Waals surface area contributed by atoms with Gasteiger partial charge in [-0.3, -0.25) is 29.4 Å². The van der Waals surface area contributed by atoms with E-state index in [1.807, 2.05) is 139 Å². The number of piperazine rings is 11. The lowest BCUT2D eigenvalue weighted by Gasteiger charge is -2.52. The van der Waals surface area contributed by atoms with Gasteiger partial charge in [-0.25, -0.2) is 28.8 Å². The lowest BCUT2D eigenvalue weighted by atomic mass is 9.86. The van der Waals surface area contributed by atoms with Crippen LogP contribution in [0.2, 0.25) is 0 Å². The van der Waals surface area contributed by atoms with Crippen molar-refractivity contribution >= 4 is 36.6 Å². The monoisotopic (exact) mass is 2070 g/mol. The molecule has 11 saturated heterocycles. The lowest BCUT2D eigenvalue weighted by Crippen LogP contribution is -2.64. The van der Waals surface area contributed by atoms with Gasteiger partial charge in [-0.15, -0.1) is 0 Å². The van der Waals surface area contributed by atoms with Crippen LogP contribution in [0, 0.1) is 0 Å². The molecule has 8 atom stereocenters. The van der Waals surface area contributed by atoms with E-state index in [0.29, 0.717) is 48.3 Å². The first-order valence-electron chi connectivity index (χ1n) is 57.8. The highest BCUT2D eigenvalue weighted by atomic mass is 16.6. The van der Waals surface area contributed by atoms with E-state index in [1.54, 1.807) is 14.7 Å². The van der Waals surface area contributed by atoms with E-state index in [1.165, 1.54) is 168 Å². The Morgan fingerprint density at radius 3 is 0.774 bits per heavy atom. The van der Waals surface area contributed by atoms with E-state index in [-0.39, 0.29) is 47.6 Å². The minimum atomic E-state index is -0.411. The summed E-state index contributed by atoms with van der Waals surface area (Å²) in [5, 5.41) is 33.4. The highest BCUT2D eigenvalue weighted by molar-refractivity contribution is 5.71. The van der Waals surface area contributed by atoms with Gasteiger partial charge in [0.1, 0.15) is 33.6 Å². The normalized spacial score (nSPS) is 27.6. The van der Waals surface area contributed by atoms with Crippen LogP contribution in [0.4, 0.5) is 28.8 Å². The molecule has 34 nitrogen and oxygen atoms in total. The summed E-state index contributed by atoms with van der Waals surface area (Å²) in [6.07, 6.45) is 23.9. The molecule has 6 saturated carbocycles. The van der Waals surface area contributed by atoms with Gasteiger partial charge in [-0.2, -0.15) is 0 Å². The van der Waals surface area contributed by atoms with Crippen molar-refractivity contribution in [3.8, 4) is 0 Å². The third-order valence-electron chi connectivity index (χ3n) is 30.2. The molecule has 0 spiro atoms. The Labute approximate surface area is 888 Å². The summed E-state index contributed by atoms with van der Waals surface area (Å²) in [6.45, 7) is 97.4. The van der Waals surface area contributed by atoms with Gasteiger partial charge in [0, 0.05) is 317 Å². The maximum Gasteiger partial charge on any atom is 0.410 e. The number of carbonyl (C=O) groups is 6. The summed E-state index contributed by atoms with van der Waals surface area (Å²) in [6, 6.07) is 9.56. The first-order chi connectivity index (χ1) is 68.1. The maximum absolute atomic E-state index is 12.1. The Balaban J connectivity index is 0.000000220. The Hall–Kier alpha value is -5.02. The average Bonchev–Trinajstić information content (AvgIpc) is 0.792. The van der Waals surface area contributed by atoms with Crippen LogP contribution >= 0.6 is 0 Å². The van der Waals surface area contributed by atoms with Gasteiger partial charge in [-0.1, -0.05) is 38.5 Å². The highest BCUT2D eigenvalue weighted by Gasteiger charge is 2.45. The van der Waals surface area contributed by atoms with Gasteiger partial charge < -0.3 is 111 Å². The number of nitrogens with one attached hydrogen (secondary N) is 10. The van der Waals surface area contributed by atoms with E-state index in [0.717, 1.165) is 205 Å². The number of hydrogen-bond donors (Lipinski definition) is 10.